The molecule has 0 bridgehead atoms. The SMILES string of the molecule is O=C(/C=C/c1ccc(Cl)cc1)NCc1ccc2ccccc2c1. The van der Waals surface area contributed by atoms with Gasteiger partial charge in [0, 0.05) is 17.6 Å². The van der Waals surface area contributed by atoms with Crippen molar-refractivity contribution in [3.8, 4) is 0 Å². The molecule has 0 aromatic heterocycles. The molecule has 3 aromatic rings. The third-order valence-corrected chi connectivity index (χ3v) is 3.83. The summed E-state index contributed by atoms with van der Waals surface area (Å²) in [6.45, 7) is 0.509. The zero-order chi connectivity index (χ0) is 16.1. The van der Waals surface area contributed by atoms with E-state index in [9.17, 15) is 4.79 Å². The van der Waals surface area contributed by atoms with Crippen molar-refractivity contribution in [1.82, 2.24) is 5.32 Å². The molecule has 0 aliphatic carbocycles. The second kappa shape index (κ2) is 7.12. The number of carbonyl (C=O) groups is 1. The number of carbonyl (C=O) groups excluding carboxylic acids is 1. The van der Waals surface area contributed by atoms with Crippen LogP contribution in [0.4, 0.5) is 0 Å². The maximum Gasteiger partial charge on any atom is 0.244 e. The normalized spacial score (nSPS) is 11.0. The van der Waals surface area contributed by atoms with Gasteiger partial charge in [0.05, 0.1) is 0 Å². The first-order valence-corrected chi connectivity index (χ1v) is 7.78. The van der Waals surface area contributed by atoms with Crippen LogP contribution >= 0.6 is 11.6 Å². The molecular weight excluding hydrogens is 306 g/mol. The van der Waals surface area contributed by atoms with Gasteiger partial charge < -0.3 is 5.32 Å². The van der Waals surface area contributed by atoms with Gasteiger partial charge >= 0.3 is 0 Å². The van der Waals surface area contributed by atoms with Crippen LogP contribution in [0.5, 0.6) is 0 Å². The number of rotatable bonds is 4. The maximum atomic E-state index is 11.9. The van der Waals surface area contributed by atoms with Crippen molar-refractivity contribution in [3.05, 3.63) is 89.0 Å². The Kier molecular flexibility index (Phi) is 4.74. The molecule has 1 amide bonds. The van der Waals surface area contributed by atoms with Gasteiger partial charge in [-0.2, -0.15) is 0 Å². The van der Waals surface area contributed by atoms with Gasteiger partial charge in [0.25, 0.3) is 0 Å². The molecule has 0 unspecified atom stereocenters. The smallest absolute Gasteiger partial charge is 0.244 e. The fraction of sp³-hybridized carbons (Fsp3) is 0.0500. The number of fused-ring (bicyclic) bond motifs is 1. The molecule has 0 atom stereocenters. The summed E-state index contributed by atoms with van der Waals surface area (Å²) >= 11 is 5.83. The summed E-state index contributed by atoms with van der Waals surface area (Å²) in [6.07, 6.45) is 3.30. The number of hydrogen-bond acceptors (Lipinski definition) is 1. The molecular formula is C20H16ClNO. The lowest BCUT2D eigenvalue weighted by molar-refractivity contribution is -0.116. The van der Waals surface area contributed by atoms with Crippen molar-refractivity contribution in [1.29, 1.82) is 0 Å². The summed E-state index contributed by atoms with van der Waals surface area (Å²) in [7, 11) is 0. The van der Waals surface area contributed by atoms with Gasteiger partial charge in [-0.25, -0.2) is 0 Å². The maximum absolute atomic E-state index is 11.9. The predicted octanol–water partition coefficient (Wildman–Crippen LogP) is 4.82. The summed E-state index contributed by atoms with van der Waals surface area (Å²) in [5.41, 5.74) is 2.02. The van der Waals surface area contributed by atoms with Crippen LogP contribution in [-0.4, -0.2) is 5.91 Å². The van der Waals surface area contributed by atoms with Crippen LogP contribution in [0.2, 0.25) is 5.02 Å². The highest BCUT2D eigenvalue weighted by Gasteiger charge is 1.99. The molecule has 0 radical (unpaired) electrons. The fourth-order valence-corrected chi connectivity index (χ4v) is 2.47. The standard InChI is InChI=1S/C20H16ClNO/c21-19-10-6-15(7-11-19)8-12-20(23)22-14-16-5-9-17-3-1-2-4-18(17)13-16/h1-13H,14H2,(H,22,23)/b12-8+. The van der Waals surface area contributed by atoms with E-state index in [2.05, 4.69) is 29.6 Å². The number of halogens is 1. The van der Waals surface area contributed by atoms with E-state index in [1.165, 1.54) is 16.8 Å². The highest BCUT2D eigenvalue weighted by atomic mass is 35.5. The zero-order valence-electron chi connectivity index (χ0n) is 12.5. The molecule has 1 N–H and O–H groups in total. The van der Waals surface area contributed by atoms with Crippen molar-refractivity contribution in [3.63, 3.8) is 0 Å². The average molecular weight is 322 g/mol. The molecule has 2 nitrogen and oxygen atoms in total. The third-order valence-electron chi connectivity index (χ3n) is 3.58. The Hall–Kier alpha value is -2.58. The minimum Gasteiger partial charge on any atom is -0.348 e. The van der Waals surface area contributed by atoms with Crippen LogP contribution in [0, 0.1) is 0 Å². The first-order valence-electron chi connectivity index (χ1n) is 7.40. The topological polar surface area (TPSA) is 29.1 Å². The highest BCUT2D eigenvalue weighted by molar-refractivity contribution is 6.30. The molecule has 0 aliphatic rings. The van der Waals surface area contributed by atoms with E-state index in [0.717, 1.165) is 11.1 Å². The third kappa shape index (κ3) is 4.21. The molecule has 0 heterocycles. The van der Waals surface area contributed by atoms with Gasteiger partial charge in [-0.1, -0.05) is 60.1 Å². The number of nitrogens with one attached hydrogen (secondary N) is 1. The molecule has 3 rings (SSSR count). The predicted molar refractivity (Wildman–Crippen MR) is 96.3 cm³/mol. The number of amides is 1. The average Bonchev–Trinajstić information content (AvgIpc) is 2.59. The van der Waals surface area contributed by atoms with E-state index < -0.39 is 0 Å². The first-order chi connectivity index (χ1) is 11.2. The van der Waals surface area contributed by atoms with E-state index in [4.69, 9.17) is 11.6 Å². The molecule has 0 saturated heterocycles. The first kappa shape index (κ1) is 15.3. The lowest BCUT2D eigenvalue weighted by atomic mass is 10.1. The molecule has 0 fully saturated rings. The van der Waals surface area contributed by atoms with E-state index in [0.29, 0.717) is 11.6 Å². The second-order valence-electron chi connectivity index (χ2n) is 5.28. The van der Waals surface area contributed by atoms with E-state index >= 15 is 0 Å². The fourth-order valence-electron chi connectivity index (χ4n) is 2.34. The van der Waals surface area contributed by atoms with Crippen LogP contribution in [0.3, 0.4) is 0 Å². The molecule has 3 heteroatoms. The monoisotopic (exact) mass is 321 g/mol. The Morgan fingerprint density at radius 2 is 1.70 bits per heavy atom. The number of hydrogen-bond donors (Lipinski definition) is 1. The largest absolute Gasteiger partial charge is 0.348 e. The van der Waals surface area contributed by atoms with Crippen molar-refractivity contribution in [2.24, 2.45) is 0 Å². The van der Waals surface area contributed by atoms with Crippen molar-refractivity contribution in [2.45, 2.75) is 6.54 Å². The Morgan fingerprint density at radius 3 is 2.48 bits per heavy atom. The van der Waals surface area contributed by atoms with Crippen molar-refractivity contribution >= 4 is 34.4 Å². The van der Waals surface area contributed by atoms with Crippen LogP contribution < -0.4 is 5.32 Å². The minimum atomic E-state index is -0.117. The summed E-state index contributed by atoms with van der Waals surface area (Å²) in [5, 5.41) is 5.95. The zero-order valence-corrected chi connectivity index (χ0v) is 13.3. The molecule has 114 valence electrons. The van der Waals surface area contributed by atoms with Crippen LogP contribution in [0.25, 0.3) is 16.8 Å². The van der Waals surface area contributed by atoms with E-state index in [1.807, 2.05) is 30.3 Å². The Labute approximate surface area is 140 Å². The Balaban J connectivity index is 1.60. The molecule has 0 spiro atoms. The van der Waals surface area contributed by atoms with Gasteiger partial charge in [-0.15, -0.1) is 0 Å². The van der Waals surface area contributed by atoms with Crippen LogP contribution in [0.15, 0.2) is 72.8 Å². The van der Waals surface area contributed by atoms with E-state index in [-0.39, 0.29) is 5.91 Å². The Morgan fingerprint density at radius 1 is 0.957 bits per heavy atom. The van der Waals surface area contributed by atoms with Crippen molar-refractivity contribution in [2.75, 3.05) is 0 Å². The summed E-state index contributed by atoms with van der Waals surface area (Å²) in [5.74, 6) is -0.117. The quantitative estimate of drug-likeness (QED) is 0.686. The molecule has 0 saturated carbocycles. The lowest BCUT2D eigenvalue weighted by Crippen LogP contribution is -2.20. The highest BCUT2D eigenvalue weighted by Crippen LogP contribution is 2.15. The van der Waals surface area contributed by atoms with Gasteiger partial charge in [0.15, 0.2) is 0 Å². The van der Waals surface area contributed by atoms with E-state index in [1.54, 1.807) is 18.2 Å². The molecule has 0 aliphatic heterocycles. The Bertz CT molecular complexity index is 853. The van der Waals surface area contributed by atoms with Crippen molar-refractivity contribution < 1.29 is 4.79 Å². The second-order valence-corrected chi connectivity index (χ2v) is 5.72. The van der Waals surface area contributed by atoms with Gasteiger partial charge in [-0.3, -0.25) is 4.79 Å². The van der Waals surface area contributed by atoms with Crippen LogP contribution in [0.1, 0.15) is 11.1 Å². The summed E-state index contributed by atoms with van der Waals surface area (Å²) in [4.78, 5) is 11.9. The summed E-state index contributed by atoms with van der Waals surface area (Å²) in [6, 6.07) is 21.7. The number of benzene rings is 3. The van der Waals surface area contributed by atoms with Gasteiger partial charge in [0.2, 0.25) is 5.91 Å². The molecule has 23 heavy (non-hydrogen) atoms. The lowest BCUT2D eigenvalue weighted by Gasteiger charge is -2.04. The van der Waals surface area contributed by atoms with Gasteiger partial charge in [-0.05, 0) is 46.2 Å². The van der Waals surface area contributed by atoms with Gasteiger partial charge in [0.1, 0.15) is 0 Å². The molecule has 3 aromatic carbocycles. The van der Waals surface area contributed by atoms with Crippen LogP contribution in [-0.2, 0) is 11.3 Å². The summed E-state index contributed by atoms with van der Waals surface area (Å²) < 4.78 is 0. The minimum absolute atomic E-state index is 0.117.